The standard InChI is InChI=1S/C18H18ClFN2O2/c19-16-15(20)14-13(10-21-16)18(24-17(14)23)6-8-22(9-7-18)11-12-4-2-1-3-5-12/h1-5,10,17,23H,6-9,11H2. The number of ether oxygens (including phenoxy) is 1. The molecule has 1 aromatic heterocycles. The number of aliphatic hydroxyl groups is 1. The Bertz CT molecular complexity index is 748. The third kappa shape index (κ3) is 2.62. The van der Waals surface area contributed by atoms with Gasteiger partial charge in [0.15, 0.2) is 17.3 Å². The quantitative estimate of drug-likeness (QED) is 0.845. The summed E-state index contributed by atoms with van der Waals surface area (Å²) in [6.07, 6.45) is 1.64. The SMILES string of the molecule is OC1OC2(CCN(Cc3ccccc3)CC2)c2cnc(Cl)c(F)c21. The molecule has 0 bridgehead atoms. The zero-order valence-electron chi connectivity index (χ0n) is 13.1. The fourth-order valence-corrected chi connectivity index (χ4v) is 3.87. The number of likely N-dealkylation sites (tertiary alicyclic amines) is 1. The molecule has 24 heavy (non-hydrogen) atoms. The molecule has 4 rings (SSSR count). The minimum atomic E-state index is -1.28. The maximum Gasteiger partial charge on any atom is 0.185 e. The summed E-state index contributed by atoms with van der Waals surface area (Å²) >= 11 is 5.74. The molecule has 0 amide bonds. The molecule has 1 unspecified atom stereocenters. The first-order valence-corrected chi connectivity index (χ1v) is 8.43. The molecule has 0 saturated carbocycles. The summed E-state index contributed by atoms with van der Waals surface area (Å²) in [7, 11) is 0. The molecule has 1 saturated heterocycles. The van der Waals surface area contributed by atoms with Crippen molar-refractivity contribution in [1.82, 2.24) is 9.88 Å². The molecule has 126 valence electrons. The van der Waals surface area contributed by atoms with E-state index in [4.69, 9.17) is 16.3 Å². The van der Waals surface area contributed by atoms with Crippen LogP contribution in [-0.2, 0) is 16.9 Å². The highest BCUT2D eigenvalue weighted by Gasteiger charge is 2.48. The van der Waals surface area contributed by atoms with E-state index in [-0.39, 0.29) is 10.7 Å². The largest absolute Gasteiger partial charge is 0.364 e. The molecule has 2 aliphatic rings. The lowest BCUT2D eigenvalue weighted by Gasteiger charge is -2.39. The molecule has 1 spiro atoms. The highest BCUT2D eigenvalue weighted by molar-refractivity contribution is 6.29. The smallest absolute Gasteiger partial charge is 0.185 e. The van der Waals surface area contributed by atoms with Gasteiger partial charge in [-0.25, -0.2) is 9.37 Å². The third-order valence-corrected chi connectivity index (χ3v) is 5.27. The molecule has 3 heterocycles. The summed E-state index contributed by atoms with van der Waals surface area (Å²) < 4.78 is 20.0. The molecule has 1 N–H and O–H groups in total. The Hall–Kier alpha value is -1.53. The van der Waals surface area contributed by atoms with Crippen molar-refractivity contribution in [2.75, 3.05) is 13.1 Å². The molecular weight excluding hydrogens is 331 g/mol. The zero-order valence-corrected chi connectivity index (χ0v) is 13.8. The lowest BCUT2D eigenvalue weighted by atomic mass is 9.84. The Kier molecular flexibility index (Phi) is 4.04. The van der Waals surface area contributed by atoms with Gasteiger partial charge < -0.3 is 9.84 Å². The van der Waals surface area contributed by atoms with Gasteiger partial charge in [-0.2, -0.15) is 0 Å². The first kappa shape index (κ1) is 16.0. The number of fused-ring (bicyclic) bond motifs is 2. The summed E-state index contributed by atoms with van der Waals surface area (Å²) in [5.74, 6) is -0.676. The van der Waals surface area contributed by atoms with Crippen LogP contribution in [0.5, 0.6) is 0 Å². The van der Waals surface area contributed by atoms with Gasteiger partial charge in [0.25, 0.3) is 0 Å². The van der Waals surface area contributed by atoms with Crippen LogP contribution in [0.25, 0.3) is 0 Å². The number of pyridine rings is 1. The Morgan fingerprint density at radius 2 is 2.00 bits per heavy atom. The van der Waals surface area contributed by atoms with Gasteiger partial charge in [-0.15, -0.1) is 0 Å². The number of aromatic nitrogens is 1. The number of nitrogens with zero attached hydrogens (tertiary/aromatic N) is 2. The first-order valence-electron chi connectivity index (χ1n) is 8.06. The summed E-state index contributed by atoms with van der Waals surface area (Å²) in [5, 5.41) is 9.92. The van der Waals surface area contributed by atoms with E-state index in [0.29, 0.717) is 18.4 Å². The molecule has 2 aromatic rings. The van der Waals surface area contributed by atoms with E-state index in [1.54, 1.807) is 6.20 Å². The van der Waals surface area contributed by atoms with Crippen LogP contribution in [0.15, 0.2) is 36.5 Å². The number of hydrogen-bond donors (Lipinski definition) is 1. The monoisotopic (exact) mass is 348 g/mol. The molecule has 1 fully saturated rings. The Morgan fingerprint density at radius 1 is 1.29 bits per heavy atom. The Morgan fingerprint density at radius 3 is 2.71 bits per heavy atom. The normalized spacial score (nSPS) is 22.7. The van der Waals surface area contributed by atoms with Crippen LogP contribution in [0, 0.1) is 5.82 Å². The lowest BCUT2D eigenvalue weighted by molar-refractivity contribution is -0.189. The van der Waals surface area contributed by atoms with Crippen molar-refractivity contribution in [2.24, 2.45) is 0 Å². The van der Waals surface area contributed by atoms with E-state index in [1.807, 2.05) is 18.2 Å². The number of rotatable bonds is 2. The number of aliphatic hydroxyl groups excluding tert-OH is 1. The summed E-state index contributed by atoms with van der Waals surface area (Å²) in [5.41, 5.74) is 1.38. The van der Waals surface area contributed by atoms with E-state index in [0.717, 1.165) is 19.6 Å². The van der Waals surface area contributed by atoms with Crippen molar-refractivity contribution in [3.63, 3.8) is 0 Å². The highest BCUT2D eigenvalue weighted by atomic mass is 35.5. The van der Waals surface area contributed by atoms with Crippen LogP contribution in [0.4, 0.5) is 4.39 Å². The molecule has 0 aliphatic carbocycles. The van der Waals surface area contributed by atoms with Crippen molar-refractivity contribution in [3.8, 4) is 0 Å². The maximum atomic E-state index is 14.2. The van der Waals surface area contributed by atoms with E-state index in [1.165, 1.54) is 5.56 Å². The fraction of sp³-hybridized carbons (Fsp3) is 0.389. The lowest BCUT2D eigenvalue weighted by Crippen LogP contribution is -2.42. The van der Waals surface area contributed by atoms with Gasteiger partial charge >= 0.3 is 0 Å². The number of hydrogen-bond acceptors (Lipinski definition) is 4. The topological polar surface area (TPSA) is 45.6 Å². The van der Waals surface area contributed by atoms with Crippen molar-refractivity contribution in [1.29, 1.82) is 0 Å². The van der Waals surface area contributed by atoms with Gasteiger partial charge in [0, 0.05) is 31.4 Å². The summed E-state index contributed by atoms with van der Waals surface area (Å²) in [6, 6.07) is 10.3. The van der Waals surface area contributed by atoms with E-state index < -0.39 is 17.7 Å². The van der Waals surface area contributed by atoms with Gasteiger partial charge in [-0.05, 0) is 18.4 Å². The van der Waals surface area contributed by atoms with E-state index >= 15 is 0 Å². The van der Waals surface area contributed by atoms with E-state index in [2.05, 4.69) is 22.0 Å². The van der Waals surface area contributed by atoms with Crippen molar-refractivity contribution in [3.05, 3.63) is 64.2 Å². The van der Waals surface area contributed by atoms with Gasteiger partial charge in [-0.3, -0.25) is 4.90 Å². The average Bonchev–Trinajstić information content (AvgIpc) is 2.87. The molecule has 2 aliphatic heterocycles. The number of benzene rings is 1. The second-order valence-corrected chi connectivity index (χ2v) is 6.77. The predicted molar refractivity (Wildman–Crippen MR) is 87.9 cm³/mol. The number of halogens is 2. The summed E-state index contributed by atoms with van der Waals surface area (Å²) in [6.45, 7) is 2.50. The van der Waals surface area contributed by atoms with Crippen LogP contribution in [0.2, 0.25) is 5.15 Å². The fourth-order valence-electron chi connectivity index (χ4n) is 3.72. The Balaban J connectivity index is 1.53. The molecule has 1 aromatic carbocycles. The minimum Gasteiger partial charge on any atom is -0.364 e. The first-order chi connectivity index (χ1) is 11.6. The predicted octanol–water partition coefficient (Wildman–Crippen LogP) is 3.39. The maximum absolute atomic E-state index is 14.2. The van der Waals surface area contributed by atoms with E-state index in [9.17, 15) is 9.50 Å². The van der Waals surface area contributed by atoms with Gasteiger partial charge in [0.1, 0.15) is 5.60 Å². The second kappa shape index (κ2) is 6.08. The third-order valence-electron chi connectivity index (χ3n) is 5.00. The van der Waals surface area contributed by atoms with Crippen molar-refractivity contribution in [2.45, 2.75) is 31.3 Å². The Labute approximate surface area is 144 Å². The van der Waals surface area contributed by atoms with Crippen LogP contribution in [-0.4, -0.2) is 28.1 Å². The molecule has 0 radical (unpaired) electrons. The van der Waals surface area contributed by atoms with Crippen molar-refractivity contribution >= 4 is 11.6 Å². The van der Waals surface area contributed by atoms with Crippen LogP contribution >= 0.6 is 11.6 Å². The highest BCUT2D eigenvalue weighted by Crippen LogP contribution is 2.49. The number of piperidine rings is 1. The average molecular weight is 349 g/mol. The van der Waals surface area contributed by atoms with Gasteiger partial charge in [0.05, 0.1) is 5.56 Å². The summed E-state index contributed by atoms with van der Waals surface area (Å²) in [4.78, 5) is 6.25. The van der Waals surface area contributed by atoms with Crippen molar-refractivity contribution < 1.29 is 14.2 Å². The second-order valence-electron chi connectivity index (χ2n) is 6.42. The van der Waals surface area contributed by atoms with Crippen LogP contribution < -0.4 is 0 Å². The van der Waals surface area contributed by atoms with Crippen LogP contribution in [0.1, 0.15) is 35.8 Å². The zero-order chi connectivity index (χ0) is 16.7. The van der Waals surface area contributed by atoms with Gasteiger partial charge in [-0.1, -0.05) is 41.9 Å². The molecule has 4 nitrogen and oxygen atoms in total. The van der Waals surface area contributed by atoms with Crippen LogP contribution in [0.3, 0.4) is 0 Å². The van der Waals surface area contributed by atoms with Gasteiger partial charge in [0.2, 0.25) is 0 Å². The molecule has 6 heteroatoms. The minimum absolute atomic E-state index is 0.145. The molecule has 1 atom stereocenters. The molecular formula is C18H18ClFN2O2.